The fourth-order valence-electron chi connectivity index (χ4n) is 1.79. The third kappa shape index (κ3) is 2.94. The van der Waals surface area contributed by atoms with Crippen molar-refractivity contribution in [2.24, 2.45) is 0 Å². The molecule has 1 aromatic heterocycles. The quantitative estimate of drug-likeness (QED) is 0.901. The van der Waals surface area contributed by atoms with Crippen molar-refractivity contribution in [1.29, 1.82) is 0 Å². The van der Waals surface area contributed by atoms with E-state index < -0.39 is 0 Å². The van der Waals surface area contributed by atoms with Crippen LogP contribution >= 0.6 is 27.5 Å². The number of nitrogens with one attached hydrogen (secondary N) is 1. The van der Waals surface area contributed by atoms with Crippen molar-refractivity contribution >= 4 is 27.5 Å². The third-order valence-corrected chi connectivity index (χ3v) is 3.46. The number of hydrogen-bond donors (Lipinski definition) is 1. The van der Waals surface area contributed by atoms with E-state index in [-0.39, 0.29) is 16.9 Å². The minimum Gasteiger partial charge on any atom is -0.453 e. The zero-order valence-electron chi connectivity index (χ0n) is 9.71. The number of furan rings is 1. The maximum Gasteiger partial charge on any atom is 0.169 e. The zero-order chi connectivity index (χ0) is 13.1. The van der Waals surface area contributed by atoms with E-state index in [1.54, 1.807) is 12.1 Å². The zero-order valence-corrected chi connectivity index (χ0v) is 12.1. The minimum absolute atomic E-state index is 0.0933. The molecule has 18 heavy (non-hydrogen) atoms. The predicted octanol–water partition coefficient (Wildman–Crippen LogP) is 4.34. The summed E-state index contributed by atoms with van der Waals surface area (Å²) >= 11 is 9.02. The summed E-state index contributed by atoms with van der Waals surface area (Å²) in [4.78, 5) is 0. The summed E-state index contributed by atoms with van der Waals surface area (Å²) in [6.45, 7) is 0. The molecule has 1 atom stereocenters. The van der Waals surface area contributed by atoms with Crippen LogP contribution < -0.4 is 5.32 Å². The number of hydrogen-bond acceptors (Lipinski definition) is 2. The van der Waals surface area contributed by atoms with Crippen LogP contribution in [0.2, 0.25) is 5.02 Å². The molecule has 1 N–H and O–H groups in total. The van der Waals surface area contributed by atoms with Gasteiger partial charge < -0.3 is 9.73 Å². The minimum atomic E-state index is -0.370. The maximum atomic E-state index is 13.8. The second-order valence-electron chi connectivity index (χ2n) is 3.90. The molecule has 1 heterocycles. The number of benzene rings is 1. The first-order valence-corrected chi connectivity index (χ1v) is 6.64. The summed E-state index contributed by atoms with van der Waals surface area (Å²) < 4.78 is 20.0. The Bertz CT molecular complexity index is 544. The fraction of sp³-hybridized carbons (Fsp3) is 0.231. The highest BCUT2D eigenvalue weighted by molar-refractivity contribution is 9.10. The molecule has 1 aromatic carbocycles. The Balaban J connectivity index is 2.23. The van der Waals surface area contributed by atoms with Gasteiger partial charge in [-0.2, -0.15) is 0 Å². The lowest BCUT2D eigenvalue weighted by molar-refractivity contribution is 0.413. The highest BCUT2D eigenvalue weighted by atomic mass is 79.9. The summed E-state index contributed by atoms with van der Waals surface area (Å²) in [5, 5.41) is 3.24. The van der Waals surface area contributed by atoms with E-state index in [0.29, 0.717) is 16.7 Å². The molecule has 5 heteroatoms. The van der Waals surface area contributed by atoms with Gasteiger partial charge in [-0.1, -0.05) is 23.7 Å². The molecule has 0 bridgehead atoms. The Hall–Kier alpha value is -0.840. The van der Waals surface area contributed by atoms with E-state index in [2.05, 4.69) is 21.2 Å². The normalized spacial score (nSPS) is 12.7. The molecule has 0 amide bonds. The van der Waals surface area contributed by atoms with Crippen molar-refractivity contribution in [3.8, 4) is 0 Å². The van der Waals surface area contributed by atoms with Gasteiger partial charge in [0.05, 0.1) is 11.1 Å². The van der Waals surface area contributed by atoms with Gasteiger partial charge in [0.2, 0.25) is 0 Å². The second kappa shape index (κ2) is 5.87. The van der Waals surface area contributed by atoms with Gasteiger partial charge >= 0.3 is 0 Å². The molecule has 2 rings (SSSR count). The van der Waals surface area contributed by atoms with Crippen molar-refractivity contribution < 1.29 is 8.81 Å². The van der Waals surface area contributed by atoms with E-state index in [4.69, 9.17) is 16.0 Å². The Morgan fingerprint density at radius 2 is 2.17 bits per heavy atom. The smallest absolute Gasteiger partial charge is 0.169 e. The van der Waals surface area contributed by atoms with Crippen molar-refractivity contribution in [1.82, 2.24) is 5.32 Å². The van der Waals surface area contributed by atoms with E-state index in [0.717, 1.165) is 5.76 Å². The Labute approximate surface area is 118 Å². The van der Waals surface area contributed by atoms with Crippen LogP contribution in [0.1, 0.15) is 17.4 Å². The lowest BCUT2D eigenvalue weighted by Crippen LogP contribution is -2.18. The molecule has 0 saturated heterocycles. The van der Waals surface area contributed by atoms with Gasteiger partial charge in [0, 0.05) is 0 Å². The van der Waals surface area contributed by atoms with Crippen molar-refractivity contribution in [3.05, 3.63) is 57.2 Å². The van der Waals surface area contributed by atoms with Gasteiger partial charge in [-0.15, -0.1) is 0 Å². The molecular formula is C13H12BrClFNO. The van der Waals surface area contributed by atoms with E-state index in [1.807, 2.05) is 19.2 Å². The fourth-order valence-corrected chi connectivity index (χ4v) is 2.30. The predicted molar refractivity (Wildman–Crippen MR) is 73.3 cm³/mol. The first kappa shape index (κ1) is 13.6. The summed E-state index contributed by atoms with van der Waals surface area (Å²) in [5.41, 5.74) is 0.564. The van der Waals surface area contributed by atoms with Gasteiger partial charge in [-0.25, -0.2) is 4.39 Å². The van der Waals surface area contributed by atoms with E-state index >= 15 is 0 Å². The molecule has 0 aliphatic heterocycles. The lowest BCUT2D eigenvalue weighted by atomic mass is 10.0. The first-order chi connectivity index (χ1) is 8.61. The van der Waals surface area contributed by atoms with Gasteiger partial charge in [0.15, 0.2) is 4.67 Å². The van der Waals surface area contributed by atoms with Crippen LogP contribution in [0.4, 0.5) is 4.39 Å². The van der Waals surface area contributed by atoms with E-state index in [9.17, 15) is 4.39 Å². The average Bonchev–Trinajstić information content (AvgIpc) is 2.78. The van der Waals surface area contributed by atoms with Crippen LogP contribution in [0.25, 0.3) is 0 Å². The summed E-state index contributed by atoms with van der Waals surface area (Å²) in [5.74, 6) is 0.383. The summed E-state index contributed by atoms with van der Waals surface area (Å²) in [7, 11) is 1.81. The average molecular weight is 333 g/mol. The maximum absolute atomic E-state index is 13.8. The van der Waals surface area contributed by atoms with E-state index in [1.165, 1.54) is 6.07 Å². The monoisotopic (exact) mass is 331 g/mol. The SMILES string of the molecule is CNC(Cc1cccc(Cl)c1F)c1ccc(Br)o1. The Morgan fingerprint density at radius 3 is 2.78 bits per heavy atom. The van der Waals surface area contributed by atoms with Gasteiger partial charge in [-0.05, 0) is 53.2 Å². The molecule has 96 valence electrons. The molecular weight excluding hydrogens is 321 g/mol. The second-order valence-corrected chi connectivity index (χ2v) is 5.09. The highest BCUT2D eigenvalue weighted by Gasteiger charge is 2.17. The van der Waals surface area contributed by atoms with Crippen LogP contribution in [-0.2, 0) is 6.42 Å². The molecule has 0 aliphatic carbocycles. The van der Waals surface area contributed by atoms with Crippen LogP contribution in [0, 0.1) is 5.82 Å². The molecule has 1 unspecified atom stereocenters. The Kier molecular flexibility index (Phi) is 4.43. The lowest BCUT2D eigenvalue weighted by Gasteiger charge is -2.14. The topological polar surface area (TPSA) is 25.2 Å². The Morgan fingerprint density at radius 1 is 1.39 bits per heavy atom. The molecule has 0 aliphatic rings. The summed E-state index contributed by atoms with van der Waals surface area (Å²) in [6, 6.07) is 8.58. The van der Waals surface area contributed by atoms with Gasteiger partial charge in [0.1, 0.15) is 11.6 Å². The molecule has 2 aromatic rings. The highest BCUT2D eigenvalue weighted by Crippen LogP contribution is 2.26. The third-order valence-electron chi connectivity index (χ3n) is 2.74. The van der Waals surface area contributed by atoms with Crippen LogP contribution in [0.15, 0.2) is 39.4 Å². The molecule has 2 nitrogen and oxygen atoms in total. The van der Waals surface area contributed by atoms with Crippen LogP contribution in [-0.4, -0.2) is 7.05 Å². The molecule has 0 fully saturated rings. The largest absolute Gasteiger partial charge is 0.453 e. The number of halogens is 3. The van der Waals surface area contributed by atoms with Crippen molar-refractivity contribution in [2.45, 2.75) is 12.5 Å². The van der Waals surface area contributed by atoms with Crippen molar-refractivity contribution in [2.75, 3.05) is 7.05 Å². The molecule has 0 radical (unpaired) electrons. The van der Waals surface area contributed by atoms with Gasteiger partial charge in [0.25, 0.3) is 0 Å². The van der Waals surface area contributed by atoms with Crippen LogP contribution in [0.5, 0.6) is 0 Å². The van der Waals surface area contributed by atoms with Crippen LogP contribution in [0.3, 0.4) is 0 Å². The number of likely N-dealkylation sites (N-methyl/N-ethyl adjacent to an activating group) is 1. The van der Waals surface area contributed by atoms with Crippen molar-refractivity contribution in [3.63, 3.8) is 0 Å². The number of rotatable bonds is 4. The molecule has 0 saturated carbocycles. The standard InChI is InChI=1S/C13H12BrClFNO/c1-17-10(11-5-6-12(14)18-11)7-8-3-2-4-9(15)13(8)16/h2-6,10,17H,7H2,1H3. The molecule has 0 spiro atoms. The first-order valence-electron chi connectivity index (χ1n) is 5.47. The summed E-state index contributed by atoms with van der Waals surface area (Å²) in [6.07, 6.45) is 0.475. The van der Waals surface area contributed by atoms with Gasteiger partial charge in [-0.3, -0.25) is 0 Å².